The quantitative estimate of drug-likeness (QED) is 0.605. The van der Waals surface area contributed by atoms with Crippen molar-refractivity contribution in [2.75, 3.05) is 32.0 Å². The molecule has 1 aromatic rings. The number of nitrogen functional groups attached to an aromatic ring is 1. The molecule has 1 fully saturated rings. The summed E-state index contributed by atoms with van der Waals surface area (Å²) in [5.74, 6) is 0.683. The van der Waals surface area contributed by atoms with E-state index in [0.717, 1.165) is 50.3 Å². The van der Waals surface area contributed by atoms with E-state index in [9.17, 15) is 4.79 Å². The zero-order valence-electron chi connectivity index (χ0n) is 11.8. The Morgan fingerprint density at radius 3 is 2.80 bits per heavy atom. The SMILES string of the molecule is NC(=O)C1CCCN(CCCOc2ccc(N)cc2)C1. The van der Waals surface area contributed by atoms with E-state index in [4.69, 9.17) is 16.2 Å². The Morgan fingerprint density at radius 2 is 2.10 bits per heavy atom. The lowest BCUT2D eigenvalue weighted by Gasteiger charge is -2.30. The minimum Gasteiger partial charge on any atom is -0.494 e. The first-order valence-electron chi connectivity index (χ1n) is 7.15. The number of rotatable bonds is 6. The molecule has 0 aromatic heterocycles. The molecule has 2 rings (SSSR count). The van der Waals surface area contributed by atoms with E-state index in [2.05, 4.69) is 4.90 Å². The number of carbonyl (C=O) groups is 1. The van der Waals surface area contributed by atoms with Gasteiger partial charge in [0.1, 0.15) is 5.75 Å². The molecule has 0 spiro atoms. The molecule has 5 nitrogen and oxygen atoms in total. The zero-order chi connectivity index (χ0) is 14.4. The van der Waals surface area contributed by atoms with E-state index in [1.54, 1.807) is 0 Å². The predicted molar refractivity (Wildman–Crippen MR) is 79.3 cm³/mol. The van der Waals surface area contributed by atoms with Crippen molar-refractivity contribution in [3.63, 3.8) is 0 Å². The fourth-order valence-corrected chi connectivity index (χ4v) is 2.53. The highest BCUT2D eigenvalue weighted by Crippen LogP contribution is 2.16. The summed E-state index contributed by atoms with van der Waals surface area (Å²) in [5.41, 5.74) is 11.7. The fourth-order valence-electron chi connectivity index (χ4n) is 2.53. The maximum Gasteiger partial charge on any atom is 0.221 e. The third kappa shape index (κ3) is 4.42. The molecule has 0 bridgehead atoms. The van der Waals surface area contributed by atoms with Crippen molar-refractivity contribution in [2.24, 2.45) is 11.7 Å². The van der Waals surface area contributed by atoms with Crippen LogP contribution in [0.4, 0.5) is 5.69 Å². The number of hydrogen-bond donors (Lipinski definition) is 2. The van der Waals surface area contributed by atoms with Crippen LogP contribution >= 0.6 is 0 Å². The Balaban J connectivity index is 1.65. The highest BCUT2D eigenvalue weighted by molar-refractivity contribution is 5.76. The van der Waals surface area contributed by atoms with Crippen molar-refractivity contribution in [3.8, 4) is 5.75 Å². The lowest BCUT2D eigenvalue weighted by Crippen LogP contribution is -2.41. The Bertz CT molecular complexity index is 433. The van der Waals surface area contributed by atoms with Crippen molar-refractivity contribution in [1.29, 1.82) is 0 Å². The molecule has 1 aliphatic heterocycles. The number of ether oxygens (including phenoxy) is 1. The largest absolute Gasteiger partial charge is 0.494 e. The van der Waals surface area contributed by atoms with Crippen LogP contribution in [0.15, 0.2) is 24.3 Å². The summed E-state index contributed by atoms with van der Waals surface area (Å²) < 4.78 is 5.65. The van der Waals surface area contributed by atoms with E-state index in [-0.39, 0.29) is 11.8 Å². The van der Waals surface area contributed by atoms with Gasteiger partial charge in [0.15, 0.2) is 0 Å². The maximum absolute atomic E-state index is 11.2. The number of likely N-dealkylation sites (tertiary alicyclic amines) is 1. The Kier molecular flexibility index (Phi) is 5.24. The number of benzene rings is 1. The van der Waals surface area contributed by atoms with E-state index in [1.807, 2.05) is 24.3 Å². The highest BCUT2D eigenvalue weighted by atomic mass is 16.5. The van der Waals surface area contributed by atoms with Gasteiger partial charge in [0, 0.05) is 18.8 Å². The van der Waals surface area contributed by atoms with Gasteiger partial charge in [-0.2, -0.15) is 0 Å². The number of hydrogen-bond acceptors (Lipinski definition) is 4. The number of amides is 1. The predicted octanol–water partition coefficient (Wildman–Crippen LogP) is 1.23. The van der Waals surface area contributed by atoms with Crippen LogP contribution in [0, 0.1) is 5.92 Å². The topological polar surface area (TPSA) is 81.6 Å². The zero-order valence-corrected chi connectivity index (χ0v) is 11.8. The first-order chi connectivity index (χ1) is 9.65. The summed E-state index contributed by atoms with van der Waals surface area (Å²) in [4.78, 5) is 13.5. The van der Waals surface area contributed by atoms with Gasteiger partial charge in [0.05, 0.1) is 12.5 Å². The summed E-state index contributed by atoms with van der Waals surface area (Å²) in [7, 11) is 0. The second kappa shape index (κ2) is 7.14. The lowest BCUT2D eigenvalue weighted by atomic mass is 9.97. The molecule has 1 atom stereocenters. The molecule has 1 aromatic carbocycles. The standard InChI is InChI=1S/C15H23N3O2/c16-13-4-6-14(7-5-13)20-10-2-9-18-8-1-3-12(11-18)15(17)19/h4-7,12H,1-3,8-11,16H2,(H2,17,19). The molecule has 5 heteroatoms. The molecule has 1 aliphatic rings. The van der Waals surface area contributed by atoms with Gasteiger partial charge in [0.25, 0.3) is 0 Å². The molecule has 1 saturated heterocycles. The smallest absolute Gasteiger partial charge is 0.221 e. The van der Waals surface area contributed by atoms with Gasteiger partial charge in [0.2, 0.25) is 5.91 Å². The minimum absolute atomic E-state index is 0.0155. The van der Waals surface area contributed by atoms with Crippen LogP contribution in [0.1, 0.15) is 19.3 Å². The van der Waals surface area contributed by atoms with Gasteiger partial charge in [-0.3, -0.25) is 4.79 Å². The van der Waals surface area contributed by atoms with Crippen LogP contribution < -0.4 is 16.2 Å². The van der Waals surface area contributed by atoms with Crippen LogP contribution in [0.3, 0.4) is 0 Å². The molecule has 1 unspecified atom stereocenters. The third-order valence-electron chi connectivity index (χ3n) is 3.68. The minimum atomic E-state index is -0.173. The number of anilines is 1. The summed E-state index contributed by atoms with van der Waals surface area (Å²) >= 11 is 0. The third-order valence-corrected chi connectivity index (χ3v) is 3.68. The first kappa shape index (κ1) is 14.7. The highest BCUT2D eigenvalue weighted by Gasteiger charge is 2.23. The van der Waals surface area contributed by atoms with Gasteiger partial charge < -0.3 is 21.1 Å². The van der Waals surface area contributed by atoms with Crippen LogP contribution in [0.2, 0.25) is 0 Å². The summed E-state index contributed by atoms with van der Waals surface area (Å²) in [6.07, 6.45) is 2.91. The second-order valence-corrected chi connectivity index (χ2v) is 5.31. The molecule has 0 radical (unpaired) electrons. The number of piperidine rings is 1. The van der Waals surface area contributed by atoms with Crippen LogP contribution in [-0.2, 0) is 4.79 Å². The number of carbonyl (C=O) groups excluding carboxylic acids is 1. The average molecular weight is 277 g/mol. The van der Waals surface area contributed by atoms with Gasteiger partial charge in [-0.1, -0.05) is 0 Å². The average Bonchev–Trinajstić information content (AvgIpc) is 2.46. The van der Waals surface area contributed by atoms with Gasteiger partial charge >= 0.3 is 0 Å². The Labute approximate surface area is 119 Å². The van der Waals surface area contributed by atoms with Crippen molar-refractivity contribution >= 4 is 11.6 Å². The molecular formula is C15H23N3O2. The molecular weight excluding hydrogens is 254 g/mol. The Morgan fingerprint density at radius 1 is 1.35 bits per heavy atom. The summed E-state index contributed by atoms with van der Waals surface area (Å²) in [6, 6.07) is 7.41. The number of primary amides is 1. The monoisotopic (exact) mass is 277 g/mol. The molecule has 1 amide bonds. The van der Waals surface area contributed by atoms with Gasteiger partial charge in [-0.25, -0.2) is 0 Å². The normalized spacial score (nSPS) is 19.7. The summed E-state index contributed by atoms with van der Waals surface area (Å²) in [6.45, 7) is 3.45. The second-order valence-electron chi connectivity index (χ2n) is 5.31. The lowest BCUT2D eigenvalue weighted by molar-refractivity contribution is -0.123. The van der Waals surface area contributed by atoms with Gasteiger partial charge in [-0.15, -0.1) is 0 Å². The molecule has 0 saturated carbocycles. The summed E-state index contributed by atoms with van der Waals surface area (Å²) in [5, 5.41) is 0. The number of nitrogens with zero attached hydrogens (tertiary/aromatic N) is 1. The van der Waals surface area contributed by atoms with Crippen LogP contribution in [0.25, 0.3) is 0 Å². The van der Waals surface area contributed by atoms with Crippen molar-refractivity contribution in [3.05, 3.63) is 24.3 Å². The number of nitrogens with two attached hydrogens (primary N) is 2. The fraction of sp³-hybridized carbons (Fsp3) is 0.533. The molecule has 4 N–H and O–H groups in total. The van der Waals surface area contributed by atoms with E-state index in [1.165, 1.54) is 0 Å². The van der Waals surface area contributed by atoms with Crippen molar-refractivity contribution in [1.82, 2.24) is 4.90 Å². The van der Waals surface area contributed by atoms with E-state index in [0.29, 0.717) is 6.61 Å². The maximum atomic E-state index is 11.2. The molecule has 0 aliphatic carbocycles. The van der Waals surface area contributed by atoms with E-state index >= 15 is 0 Å². The molecule has 1 heterocycles. The van der Waals surface area contributed by atoms with Crippen molar-refractivity contribution in [2.45, 2.75) is 19.3 Å². The van der Waals surface area contributed by atoms with Crippen LogP contribution in [-0.4, -0.2) is 37.0 Å². The Hall–Kier alpha value is -1.75. The molecule has 110 valence electrons. The molecule has 20 heavy (non-hydrogen) atoms. The van der Waals surface area contributed by atoms with E-state index < -0.39 is 0 Å². The van der Waals surface area contributed by atoms with Gasteiger partial charge in [-0.05, 0) is 50.1 Å². The van der Waals surface area contributed by atoms with Crippen LogP contribution in [0.5, 0.6) is 5.75 Å². The first-order valence-corrected chi connectivity index (χ1v) is 7.15. The van der Waals surface area contributed by atoms with Crippen molar-refractivity contribution < 1.29 is 9.53 Å².